The predicted octanol–water partition coefficient (Wildman–Crippen LogP) is 2.77. The van der Waals surface area contributed by atoms with Gasteiger partial charge >= 0.3 is 5.97 Å². The number of rotatable bonds is 1. The molecule has 0 amide bonds. The topological polar surface area (TPSA) is 43.4 Å². The number of methoxy groups -OCH3 is 1. The Morgan fingerprint density at radius 1 is 1.47 bits per heavy atom. The van der Waals surface area contributed by atoms with Crippen LogP contribution in [-0.2, 0) is 20.7 Å². The van der Waals surface area contributed by atoms with Gasteiger partial charge in [0.2, 0.25) is 0 Å². The number of hydrogen-bond acceptors (Lipinski definition) is 4. The molecular weight excluding hydrogens is 260 g/mol. The van der Waals surface area contributed by atoms with Gasteiger partial charge in [0.25, 0.3) is 0 Å². The number of fused-ring (bicyclic) bond motifs is 3. The van der Waals surface area contributed by atoms with Crippen LogP contribution in [0.3, 0.4) is 0 Å². The maximum absolute atomic E-state index is 12.1. The van der Waals surface area contributed by atoms with Crippen LogP contribution in [0.1, 0.15) is 23.8 Å². The molecule has 0 bridgehead atoms. The first-order valence-corrected chi connectivity index (χ1v) is 7.08. The second-order valence-corrected chi connectivity index (χ2v) is 6.05. The monoisotopic (exact) mass is 274 g/mol. The third kappa shape index (κ3) is 1.70. The van der Waals surface area contributed by atoms with Gasteiger partial charge < -0.3 is 4.74 Å². The van der Waals surface area contributed by atoms with Crippen molar-refractivity contribution in [3.8, 4) is 0 Å². The van der Waals surface area contributed by atoms with Crippen molar-refractivity contribution in [2.24, 2.45) is 5.41 Å². The van der Waals surface area contributed by atoms with Crippen LogP contribution in [-0.4, -0.2) is 18.9 Å². The maximum Gasteiger partial charge on any atom is 0.342 e. The van der Waals surface area contributed by atoms with Gasteiger partial charge in [-0.25, -0.2) is 4.79 Å². The highest BCUT2D eigenvalue weighted by Gasteiger charge is 2.41. The Morgan fingerprint density at radius 2 is 2.26 bits per heavy atom. The minimum Gasteiger partial charge on any atom is -0.465 e. The SMILES string of the molecule is COC(=O)C1=C2c3sccc3CCC2(C)C=CC1=O. The third-order valence-electron chi connectivity index (χ3n) is 3.95. The number of allylic oxidation sites excluding steroid dienone is 3. The number of carbonyl (C=O) groups excluding carboxylic acids is 2. The molecule has 1 atom stereocenters. The van der Waals surface area contributed by atoms with Crippen molar-refractivity contribution in [3.05, 3.63) is 39.6 Å². The molecule has 0 fully saturated rings. The van der Waals surface area contributed by atoms with Gasteiger partial charge in [-0.3, -0.25) is 4.79 Å². The Hall–Kier alpha value is -1.68. The molecular formula is C15H14O3S. The normalized spacial score (nSPS) is 25.1. The second-order valence-electron chi connectivity index (χ2n) is 5.13. The van der Waals surface area contributed by atoms with Crippen molar-refractivity contribution in [2.45, 2.75) is 19.8 Å². The van der Waals surface area contributed by atoms with E-state index >= 15 is 0 Å². The van der Waals surface area contributed by atoms with E-state index in [0.717, 1.165) is 23.3 Å². The van der Waals surface area contributed by atoms with E-state index in [4.69, 9.17) is 4.74 Å². The van der Waals surface area contributed by atoms with E-state index in [1.54, 1.807) is 11.3 Å². The standard InChI is InChI=1S/C15H14O3S/c1-15-6-3-9-5-8-19-13(9)12(15)11(14(17)18-2)10(16)4-7-15/h4-5,7-8H,3,6H2,1-2H3. The fraction of sp³-hybridized carbons (Fsp3) is 0.333. The Kier molecular flexibility index (Phi) is 2.71. The van der Waals surface area contributed by atoms with Crippen molar-refractivity contribution in [3.63, 3.8) is 0 Å². The molecule has 98 valence electrons. The highest BCUT2D eigenvalue weighted by Crippen LogP contribution is 2.51. The molecule has 0 radical (unpaired) electrons. The van der Waals surface area contributed by atoms with Crippen molar-refractivity contribution < 1.29 is 14.3 Å². The quantitative estimate of drug-likeness (QED) is 0.584. The van der Waals surface area contributed by atoms with Gasteiger partial charge in [0.05, 0.1) is 7.11 Å². The number of carbonyl (C=O) groups is 2. The third-order valence-corrected chi connectivity index (χ3v) is 4.92. The van der Waals surface area contributed by atoms with Crippen LogP contribution in [0.5, 0.6) is 0 Å². The van der Waals surface area contributed by atoms with Gasteiger partial charge in [0, 0.05) is 10.3 Å². The molecule has 1 aromatic rings. The van der Waals surface area contributed by atoms with Crippen molar-refractivity contribution in [2.75, 3.05) is 7.11 Å². The maximum atomic E-state index is 12.1. The summed E-state index contributed by atoms with van der Waals surface area (Å²) in [7, 11) is 1.32. The van der Waals surface area contributed by atoms with Crippen LogP contribution in [0.25, 0.3) is 5.57 Å². The van der Waals surface area contributed by atoms with E-state index < -0.39 is 5.97 Å². The number of ketones is 1. The molecule has 0 saturated carbocycles. The second kappa shape index (κ2) is 4.17. The number of thiophene rings is 1. The molecule has 1 aromatic heterocycles. The van der Waals surface area contributed by atoms with Crippen LogP contribution in [0.4, 0.5) is 0 Å². The molecule has 3 rings (SSSR count). The Bertz CT molecular complexity index is 636. The molecule has 0 aromatic carbocycles. The van der Waals surface area contributed by atoms with Gasteiger partial charge in [-0.1, -0.05) is 13.0 Å². The van der Waals surface area contributed by atoms with E-state index in [0.29, 0.717) is 0 Å². The van der Waals surface area contributed by atoms with Gasteiger partial charge in [-0.2, -0.15) is 0 Å². The van der Waals surface area contributed by atoms with E-state index in [9.17, 15) is 9.59 Å². The zero-order chi connectivity index (χ0) is 13.6. The number of aryl methyl sites for hydroxylation is 1. The van der Waals surface area contributed by atoms with Crippen molar-refractivity contribution in [1.82, 2.24) is 0 Å². The first-order valence-electron chi connectivity index (χ1n) is 6.20. The predicted molar refractivity (Wildman–Crippen MR) is 73.8 cm³/mol. The highest BCUT2D eigenvalue weighted by atomic mass is 32.1. The van der Waals surface area contributed by atoms with Crippen LogP contribution in [0.15, 0.2) is 29.2 Å². The number of ether oxygens (including phenoxy) is 1. The lowest BCUT2D eigenvalue weighted by Gasteiger charge is -2.36. The van der Waals surface area contributed by atoms with Gasteiger partial charge in [-0.05, 0) is 41.5 Å². The summed E-state index contributed by atoms with van der Waals surface area (Å²) < 4.78 is 4.80. The molecule has 0 aliphatic heterocycles. The smallest absolute Gasteiger partial charge is 0.342 e. The molecule has 2 aliphatic carbocycles. The first-order chi connectivity index (χ1) is 9.07. The molecule has 1 heterocycles. The molecule has 4 heteroatoms. The van der Waals surface area contributed by atoms with E-state index in [1.807, 2.05) is 11.5 Å². The fourth-order valence-corrected chi connectivity index (χ4v) is 4.01. The average Bonchev–Trinajstić information content (AvgIpc) is 2.87. The summed E-state index contributed by atoms with van der Waals surface area (Å²) in [4.78, 5) is 25.1. The minimum atomic E-state index is -0.531. The summed E-state index contributed by atoms with van der Waals surface area (Å²) >= 11 is 1.59. The summed E-state index contributed by atoms with van der Waals surface area (Å²) in [6.07, 6.45) is 5.33. The molecule has 19 heavy (non-hydrogen) atoms. The minimum absolute atomic E-state index is 0.205. The van der Waals surface area contributed by atoms with Crippen molar-refractivity contribution >= 4 is 28.7 Å². The zero-order valence-electron chi connectivity index (χ0n) is 10.9. The Labute approximate surface area is 115 Å². The van der Waals surface area contributed by atoms with Gasteiger partial charge in [0.1, 0.15) is 5.57 Å². The lowest BCUT2D eigenvalue weighted by atomic mass is 9.67. The summed E-state index contributed by atoms with van der Waals surface area (Å²) in [5.74, 6) is -0.780. The first kappa shape index (κ1) is 12.4. The van der Waals surface area contributed by atoms with Crippen LogP contribution >= 0.6 is 11.3 Å². The van der Waals surface area contributed by atoms with Gasteiger partial charge in [0.15, 0.2) is 5.78 Å². The lowest BCUT2D eigenvalue weighted by Crippen LogP contribution is -2.30. The summed E-state index contributed by atoms with van der Waals surface area (Å²) in [5.41, 5.74) is 2.04. The van der Waals surface area contributed by atoms with Crippen molar-refractivity contribution in [1.29, 1.82) is 0 Å². The molecule has 3 nitrogen and oxygen atoms in total. The van der Waals surface area contributed by atoms with Crippen LogP contribution < -0.4 is 0 Å². The lowest BCUT2D eigenvalue weighted by molar-refractivity contribution is -0.137. The van der Waals surface area contributed by atoms with Crippen LogP contribution in [0.2, 0.25) is 0 Å². The summed E-state index contributed by atoms with van der Waals surface area (Å²) in [5, 5.41) is 2.01. The van der Waals surface area contributed by atoms with E-state index in [2.05, 4.69) is 13.0 Å². The number of hydrogen-bond donors (Lipinski definition) is 0. The summed E-state index contributed by atoms with van der Waals surface area (Å²) in [6.45, 7) is 2.08. The van der Waals surface area contributed by atoms with Crippen LogP contribution in [0, 0.1) is 5.41 Å². The molecule has 1 unspecified atom stereocenters. The zero-order valence-corrected chi connectivity index (χ0v) is 11.7. The molecule has 2 aliphatic rings. The number of esters is 1. The summed E-state index contributed by atoms with van der Waals surface area (Å²) in [6, 6.07) is 2.07. The fourth-order valence-electron chi connectivity index (χ4n) is 2.87. The molecule has 0 spiro atoms. The molecule has 0 saturated heterocycles. The molecule has 0 N–H and O–H groups in total. The Balaban J connectivity index is 2.30. The Morgan fingerprint density at radius 3 is 3.00 bits per heavy atom. The highest BCUT2D eigenvalue weighted by molar-refractivity contribution is 7.11. The average molecular weight is 274 g/mol. The van der Waals surface area contributed by atoms with Gasteiger partial charge in [-0.15, -0.1) is 11.3 Å². The largest absolute Gasteiger partial charge is 0.465 e. The van der Waals surface area contributed by atoms with E-state index in [-0.39, 0.29) is 16.8 Å². The van der Waals surface area contributed by atoms with E-state index in [1.165, 1.54) is 18.7 Å².